The summed E-state index contributed by atoms with van der Waals surface area (Å²) in [6.45, 7) is 4.54. The molecule has 0 aliphatic heterocycles. The average Bonchev–Trinajstić information content (AvgIpc) is 3.17. The number of hydrogen-bond donors (Lipinski definition) is 1. The molecule has 3 aromatic heterocycles. The van der Waals surface area contributed by atoms with E-state index in [0.29, 0.717) is 18.0 Å². The maximum atomic E-state index is 13.5. The lowest BCUT2D eigenvalue weighted by atomic mass is 10.0. The molecule has 2 N–H and O–H groups in total. The minimum atomic E-state index is -0.263. The molecule has 0 amide bonds. The number of imidazole rings is 1. The van der Waals surface area contributed by atoms with Gasteiger partial charge in [0.05, 0.1) is 11.7 Å². The van der Waals surface area contributed by atoms with E-state index in [1.807, 2.05) is 18.4 Å². The van der Waals surface area contributed by atoms with Gasteiger partial charge in [0, 0.05) is 18.3 Å². The average molecular weight is 337 g/mol. The van der Waals surface area contributed by atoms with Crippen LogP contribution in [0.2, 0.25) is 0 Å². The summed E-state index contributed by atoms with van der Waals surface area (Å²) in [5.41, 5.74) is 10.1. The summed E-state index contributed by atoms with van der Waals surface area (Å²) in [4.78, 5) is 12.9. The van der Waals surface area contributed by atoms with E-state index < -0.39 is 0 Å². The Balaban J connectivity index is 2.04. The molecule has 0 fully saturated rings. The van der Waals surface area contributed by atoms with E-state index >= 15 is 0 Å². The van der Waals surface area contributed by atoms with Gasteiger partial charge in [0.2, 0.25) is 11.9 Å². The quantitative estimate of drug-likeness (QED) is 0.621. The highest BCUT2D eigenvalue weighted by Crippen LogP contribution is 2.32. The van der Waals surface area contributed by atoms with Crippen LogP contribution in [0.5, 0.6) is 0 Å². The number of hydrogen-bond acceptors (Lipinski definition) is 5. The normalized spacial score (nSPS) is 11.3. The second-order valence-electron chi connectivity index (χ2n) is 5.70. The predicted octanol–water partition coefficient (Wildman–Crippen LogP) is 2.73. The molecule has 4 aromatic rings. The Bertz CT molecular complexity index is 1080. The predicted molar refractivity (Wildman–Crippen MR) is 92.7 cm³/mol. The minimum Gasteiger partial charge on any atom is -0.368 e. The van der Waals surface area contributed by atoms with E-state index in [1.165, 1.54) is 23.1 Å². The van der Waals surface area contributed by atoms with Gasteiger partial charge in [0.1, 0.15) is 17.7 Å². The molecule has 8 heteroatoms. The van der Waals surface area contributed by atoms with Gasteiger partial charge in [-0.2, -0.15) is 14.8 Å². The summed E-state index contributed by atoms with van der Waals surface area (Å²) < 4.78 is 17.0. The van der Waals surface area contributed by atoms with Crippen molar-refractivity contribution in [1.29, 1.82) is 0 Å². The first kappa shape index (κ1) is 15.3. The third-order valence-corrected chi connectivity index (χ3v) is 4.19. The van der Waals surface area contributed by atoms with Crippen molar-refractivity contribution in [2.75, 3.05) is 5.73 Å². The van der Waals surface area contributed by atoms with Crippen LogP contribution in [-0.2, 0) is 6.54 Å². The van der Waals surface area contributed by atoms with Crippen LogP contribution in [-0.4, -0.2) is 29.3 Å². The van der Waals surface area contributed by atoms with Crippen LogP contribution in [0, 0.1) is 12.7 Å². The summed E-state index contributed by atoms with van der Waals surface area (Å²) in [5, 5.41) is 4.15. The lowest BCUT2D eigenvalue weighted by Crippen LogP contribution is -2.10. The van der Waals surface area contributed by atoms with Crippen molar-refractivity contribution in [3.63, 3.8) is 0 Å². The fourth-order valence-corrected chi connectivity index (χ4v) is 3.07. The van der Waals surface area contributed by atoms with E-state index in [9.17, 15) is 4.39 Å². The molecular weight excluding hydrogens is 321 g/mol. The first-order valence-corrected chi connectivity index (χ1v) is 7.86. The molecule has 0 saturated carbocycles. The molecule has 126 valence electrons. The zero-order valence-electron chi connectivity index (χ0n) is 13.8. The van der Waals surface area contributed by atoms with E-state index in [2.05, 4.69) is 20.1 Å². The Morgan fingerprint density at radius 1 is 1.20 bits per heavy atom. The van der Waals surface area contributed by atoms with Gasteiger partial charge in [0.15, 0.2) is 0 Å². The number of fused-ring (bicyclic) bond motifs is 1. The maximum absolute atomic E-state index is 13.5. The van der Waals surface area contributed by atoms with E-state index in [4.69, 9.17) is 5.73 Å². The van der Waals surface area contributed by atoms with Gasteiger partial charge in [-0.15, -0.1) is 0 Å². The number of anilines is 1. The van der Waals surface area contributed by atoms with E-state index in [0.717, 1.165) is 22.2 Å². The van der Waals surface area contributed by atoms with Crippen LogP contribution in [0.25, 0.3) is 28.1 Å². The molecular formula is C17H16FN7. The summed E-state index contributed by atoms with van der Waals surface area (Å²) in [6, 6.07) is 4.72. The number of halogens is 1. The van der Waals surface area contributed by atoms with Gasteiger partial charge in [0.25, 0.3) is 0 Å². The molecule has 3 heterocycles. The van der Waals surface area contributed by atoms with Gasteiger partial charge in [-0.3, -0.25) is 4.98 Å². The van der Waals surface area contributed by atoms with Gasteiger partial charge in [-0.1, -0.05) is 6.07 Å². The zero-order valence-corrected chi connectivity index (χ0v) is 13.8. The van der Waals surface area contributed by atoms with Gasteiger partial charge >= 0.3 is 0 Å². The van der Waals surface area contributed by atoms with Crippen molar-refractivity contribution >= 4 is 17.0 Å². The SMILES string of the molecule is CCn1c(-n2ncnc2N)nc2cncc(-c3ccc(F)cc3C)c21. The number of nitrogen functional groups attached to an aromatic ring is 1. The Kier molecular flexibility index (Phi) is 3.45. The second-order valence-corrected chi connectivity index (χ2v) is 5.70. The molecule has 0 saturated heterocycles. The minimum absolute atomic E-state index is 0.262. The highest BCUT2D eigenvalue weighted by molar-refractivity contribution is 5.93. The molecule has 0 aliphatic carbocycles. The Morgan fingerprint density at radius 2 is 2.04 bits per heavy atom. The van der Waals surface area contributed by atoms with Crippen molar-refractivity contribution in [2.24, 2.45) is 0 Å². The summed E-state index contributed by atoms with van der Waals surface area (Å²) in [7, 11) is 0. The third kappa shape index (κ3) is 2.34. The Labute approximate surface area is 143 Å². The number of aromatic nitrogens is 6. The molecule has 1 aromatic carbocycles. The van der Waals surface area contributed by atoms with Crippen LogP contribution in [0.3, 0.4) is 0 Å². The second kappa shape index (κ2) is 5.66. The van der Waals surface area contributed by atoms with Gasteiger partial charge in [-0.05, 0) is 37.1 Å². The van der Waals surface area contributed by atoms with E-state index in [1.54, 1.807) is 18.5 Å². The third-order valence-electron chi connectivity index (χ3n) is 4.19. The zero-order chi connectivity index (χ0) is 17.6. The molecule has 25 heavy (non-hydrogen) atoms. The Morgan fingerprint density at radius 3 is 2.72 bits per heavy atom. The van der Waals surface area contributed by atoms with Crippen LogP contribution >= 0.6 is 0 Å². The van der Waals surface area contributed by atoms with Crippen molar-refractivity contribution in [2.45, 2.75) is 20.4 Å². The number of aryl methyl sites for hydroxylation is 2. The maximum Gasteiger partial charge on any atom is 0.235 e. The number of benzene rings is 1. The smallest absolute Gasteiger partial charge is 0.235 e. The summed E-state index contributed by atoms with van der Waals surface area (Å²) >= 11 is 0. The standard InChI is InChI=1S/C17H16FN7/c1-3-24-15-13(12-5-4-11(18)6-10(12)2)7-20-8-14(15)23-17(24)25-16(19)21-9-22-25/h4-9H,3H2,1-2H3,(H2,19,21,22). The molecule has 0 spiro atoms. The summed E-state index contributed by atoms with van der Waals surface area (Å²) in [5.74, 6) is 0.570. The van der Waals surface area contributed by atoms with Crippen LogP contribution in [0.15, 0.2) is 36.9 Å². The van der Waals surface area contributed by atoms with Crippen LogP contribution in [0.4, 0.5) is 10.3 Å². The monoisotopic (exact) mass is 337 g/mol. The first-order chi connectivity index (χ1) is 12.1. The lowest BCUT2D eigenvalue weighted by Gasteiger charge is -2.11. The molecule has 0 radical (unpaired) electrons. The first-order valence-electron chi connectivity index (χ1n) is 7.86. The van der Waals surface area contributed by atoms with Gasteiger partial charge in [-0.25, -0.2) is 9.37 Å². The summed E-state index contributed by atoms with van der Waals surface area (Å²) in [6.07, 6.45) is 4.85. The van der Waals surface area contributed by atoms with Crippen molar-refractivity contribution in [1.82, 2.24) is 29.3 Å². The molecule has 4 rings (SSSR count). The van der Waals surface area contributed by atoms with Crippen LogP contribution < -0.4 is 5.73 Å². The fourth-order valence-electron chi connectivity index (χ4n) is 3.07. The molecule has 0 bridgehead atoms. The number of pyridine rings is 1. The van der Waals surface area contributed by atoms with E-state index in [-0.39, 0.29) is 11.8 Å². The highest BCUT2D eigenvalue weighted by Gasteiger charge is 2.19. The molecule has 0 atom stereocenters. The van der Waals surface area contributed by atoms with Crippen molar-refractivity contribution in [3.05, 3.63) is 48.3 Å². The van der Waals surface area contributed by atoms with Crippen LogP contribution in [0.1, 0.15) is 12.5 Å². The largest absolute Gasteiger partial charge is 0.368 e. The fraction of sp³-hybridized carbons (Fsp3) is 0.176. The van der Waals surface area contributed by atoms with Crippen molar-refractivity contribution in [3.8, 4) is 17.1 Å². The Hall–Kier alpha value is -3.29. The van der Waals surface area contributed by atoms with Crippen molar-refractivity contribution < 1.29 is 4.39 Å². The topological polar surface area (TPSA) is 87.4 Å². The lowest BCUT2D eigenvalue weighted by molar-refractivity contribution is 0.627. The molecule has 0 unspecified atom stereocenters. The van der Waals surface area contributed by atoms with Gasteiger partial charge < -0.3 is 10.3 Å². The molecule has 0 aliphatic rings. The number of nitrogens with two attached hydrogens (primary N) is 1. The number of nitrogens with zero attached hydrogens (tertiary/aromatic N) is 6. The molecule has 7 nitrogen and oxygen atoms in total. The highest BCUT2D eigenvalue weighted by atomic mass is 19.1. The number of rotatable bonds is 3.